The van der Waals surface area contributed by atoms with Crippen molar-refractivity contribution in [1.29, 1.82) is 0 Å². The monoisotopic (exact) mass is 501 g/mol. The second-order valence-electron chi connectivity index (χ2n) is 8.47. The normalized spacial score (nSPS) is 21.7. The van der Waals surface area contributed by atoms with Crippen molar-refractivity contribution in [2.75, 3.05) is 18.4 Å². The van der Waals surface area contributed by atoms with Gasteiger partial charge in [0, 0.05) is 13.1 Å². The van der Waals surface area contributed by atoms with Crippen LogP contribution in [0.4, 0.5) is 27.6 Å². The molecule has 2 aliphatic rings. The van der Waals surface area contributed by atoms with Gasteiger partial charge in [-0.2, -0.15) is 18.2 Å². The van der Waals surface area contributed by atoms with Crippen LogP contribution < -0.4 is 16.0 Å². The topological polar surface area (TPSA) is 92.1 Å². The first-order chi connectivity index (χ1) is 16.1. The minimum atomic E-state index is -4.49. The molecular weight excluding hydrogens is 481 g/mol. The number of alkyl halides is 5. The van der Waals surface area contributed by atoms with Crippen LogP contribution in [0.5, 0.6) is 0 Å². The maximum Gasteiger partial charge on any atom is 0.393 e. The number of nitrogens with zero attached hydrogens (tertiary/aromatic N) is 2. The van der Waals surface area contributed by atoms with Gasteiger partial charge in [-0.1, -0.05) is 17.3 Å². The molecule has 1 saturated heterocycles. The number of fused-ring (bicyclic) bond motifs is 1. The molecule has 34 heavy (non-hydrogen) atoms. The Morgan fingerprint density at radius 1 is 1.29 bits per heavy atom. The van der Waals surface area contributed by atoms with Gasteiger partial charge < -0.3 is 20.5 Å². The highest BCUT2D eigenvalue weighted by atomic mass is 32.1. The van der Waals surface area contributed by atoms with E-state index >= 15 is 0 Å². The molecule has 1 aliphatic carbocycles. The van der Waals surface area contributed by atoms with Gasteiger partial charge in [0.05, 0.1) is 34.3 Å². The number of thiophene rings is 1. The SMILES string of the molecule is O=C(NCc1nc(-c2sc3c(N[C@@H]4CNC[C@@H]4F)cccc3c2CC(F)(F)F)no1)C1(F)CC1. The van der Waals surface area contributed by atoms with Crippen molar-refractivity contribution in [1.82, 2.24) is 20.8 Å². The van der Waals surface area contributed by atoms with Crippen molar-refractivity contribution in [2.45, 2.75) is 49.9 Å². The van der Waals surface area contributed by atoms with Crippen LogP contribution in [0.1, 0.15) is 24.3 Å². The van der Waals surface area contributed by atoms with Crippen LogP contribution in [0, 0.1) is 0 Å². The molecule has 5 rings (SSSR count). The molecule has 2 aromatic heterocycles. The van der Waals surface area contributed by atoms with E-state index in [0.717, 1.165) is 11.3 Å². The number of amides is 1. The summed E-state index contributed by atoms with van der Waals surface area (Å²) in [5, 5.41) is 12.5. The summed E-state index contributed by atoms with van der Waals surface area (Å²) >= 11 is 1.04. The third-order valence-electron chi connectivity index (χ3n) is 5.84. The lowest BCUT2D eigenvalue weighted by molar-refractivity contribution is -0.128. The van der Waals surface area contributed by atoms with Crippen LogP contribution in [-0.2, 0) is 17.8 Å². The zero-order valence-electron chi connectivity index (χ0n) is 17.6. The molecule has 13 heteroatoms. The molecule has 1 saturated carbocycles. The van der Waals surface area contributed by atoms with Gasteiger partial charge in [0.25, 0.3) is 5.91 Å². The molecule has 1 aromatic carbocycles. The van der Waals surface area contributed by atoms with E-state index in [0.29, 0.717) is 22.3 Å². The fourth-order valence-corrected chi connectivity index (χ4v) is 5.12. The largest absolute Gasteiger partial charge is 0.393 e. The average Bonchev–Trinajstić information content (AvgIpc) is 3.10. The Labute approximate surface area is 194 Å². The fraction of sp³-hybridized carbons (Fsp3) is 0.476. The lowest BCUT2D eigenvalue weighted by Crippen LogP contribution is -2.32. The number of aromatic nitrogens is 2. The Morgan fingerprint density at radius 3 is 2.76 bits per heavy atom. The van der Waals surface area contributed by atoms with Gasteiger partial charge in [-0.3, -0.25) is 4.79 Å². The first-order valence-electron chi connectivity index (χ1n) is 10.7. The van der Waals surface area contributed by atoms with Crippen LogP contribution >= 0.6 is 11.3 Å². The molecule has 182 valence electrons. The Balaban J connectivity index is 1.47. The Morgan fingerprint density at radius 2 is 2.09 bits per heavy atom. The maximum absolute atomic E-state index is 14.1. The number of carbonyl (C=O) groups excluding carboxylic acids is 1. The number of halogens is 5. The van der Waals surface area contributed by atoms with Crippen LogP contribution in [0.25, 0.3) is 20.8 Å². The molecule has 0 radical (unpaired) electrons. The minimum Gasteiger partial charge on any atom is -0.377 e. The van der Waals surface area contributed by atoms with E-state index in [-0.39, 0.29) is 48.1 Å². The Hall–Kier alpha value is -2.80. The summed E-state index contributed by atoms with van der Waals surface area (Å²) in [6, 6.07) is 4.36. The van der Waals surface area contributed by atoms with Gasteiger partial charge in [-0.15, -0.1) is 11.3 Å². The predicted octanol–water partition coefficient (Wildman–Crippen LogP) is 3.90. The summed E-state index contributed by atoms with van der Waals surface area (Å²) in [7, 11) is 0. The zero-order chi connectivity index (χ0) is 24.1. The highest BCUT2D eigenvalue weighted by Crippen LogP contribution is 2.44. The molecule has 1 amide bonds. The van der Waals surface area contributed by atoms with E-state index < -0.39 is 36.4 Å². The van der Waals surface area contributed by atoms with Crippen molar-refractivity contribution in [3.8, 4) is 10.7 Å². The van der Waals surface area contributed by atoms with E-state index in [2.05, 4.69) is 26.1 Å². The second-order valence-corrected chi connectivity index (χ2v) is 9.49. The Kier molecular flexibility index (Phi) is 5.71. The fourth-order valence-electron chi connectivity index (χ4n) is 3.90. The lowest BCUT2D eigenvalue weighted by Gasteiger charge is -2.16. The van der Waals surface area contributed by atoms with Gasteiger partial charge in [-0.25, -0.2) is 8.78 Å². The van der Waals surface area contributed by atoms with Gasteiger partial charge in [0.2, 0.25) is 11.7 Å². The molecule has 2 atom stereocenters. The molecule has 3 N–H and O–H groups in total. The smallest absolute Gasteiger partial charge is 0.377 e. The molecule has 3 heterocycles. The lowest BCUT2D eigenvalue weighted by atomic mass is 10.1. The number of carbonyl (C=O) groups is 1. The van der Waals surface area contributed by atoms with Gasteiger partial charge in [0.1, 0.15) is 6.17 Å². The van der Waals surface area contributed by atoms with E-state index in [1.165, 1.54) is 0 Å². The first kappa shape index (κ1) is 23.0. The predicted molar refractivity (Wildman–Crippen MR) is 115 cm³/mol. The second kappa shape index (κ2) is 8.45. The van der Waals surface area contributed by atoms with Crippen molar-refractivity contribution in [3.63, 3.8) is 0 Å². The van der Waals surface area contributed by atoms with Crippen LogP contribution in [-0.4, -0.2) is 53.2 Å². The highest BCUT2D eigenvalue weighted by molar-refractivity contribution is 7.23. The van der Waals surface area contributed by atoms with E-state index in [1.807, 2.05) is 0 Å². The Bertz CT molecular complexity index is 1220. The van der Waals surface area contributed by atoms with Crippen LogP contribution in [0.2, 0.25) is 0 Å². The third kappa shape index (κ3) is 4.58. The standard InChI is InChI=1S/C21H20F5N5O2S/c22-12-7-27-8-14(12)29-13-3-1-2-10-11(6-21(24,25)26)17(34-16(10)13)18-30-15(33-31-18)9-28-19(32)20(23)4-5-20/h1-3,12,14,27,29H,4-9H2,(H,28,32)/t12-,14+/m0/s1. The number of benzene rings is 1. The third-order valence-corrected chi connectivity index (χ3v) is 7.12. The molecule has 3 aromatic rings. The molecule has 2 fully saturated rings. The van der Waals surface area contributed by atoms with Crippen molar-refractivity contribution in [3.05, 3.63) is 29.7 Å². The van der Waals surface area contributed by atoms with Crippen LogP contribution in [0.3, 0.4) is 0 Å². The summed E-state index contributed by atoms with van der Waals surface area (Å²) in [6.07, 6.45) is -6.54. The molecular formula is C21H20F5N5O2S. The molecule has 0 spiro atoms. The number of rotatable bonds is 7. The average molecular weight is 501 g/mol. The first-order valence-corrected chi connectivity index (χ1v) is 11.5. The summed E-state index contributed by atoms with van der Waals surface area (Å²) in [4.78, 5) is 16.1. The van der Waals surface area contributed by atoms with Gasteiger partial charge in [-0.05, 0) is 29.9 Å². The number of hydrogen-bond acceptors (Lipinski definition) is 7. The van der Waals surface area contributed by atoms with Crippen LogP contribution in [0.15, 0.2) is 22.7 Å². The molecule has 0 unspecified atom stereocenters. The maximum atomic E-state index is 14.1. The minimum absolute atomic E-state index is 0.0189. The van der Waals surface area contributed by atoms with Crippen molar-refractivity contribution >= 4 is 33.0 Å². The summed E-state index contributed by atoms with van der Waals surface area (Å²) < 4.78 is 73.8. The van der Waals surface area contributed by atoms with Crippen molar-refractivity contribution < 1.29 is 31.3 Å². The summed E-state index contributed by atoms with van der Waals surface area (Å²) in [6.45, 7) is 0.357. The zero-order valence-corrected chi connectivity index (χ0v) is 18.5. The summed E-state index contributed by atoms with van der Waals surface area (Å²) in [5.41, 5.74) is -1.37. The number of nitrogens with one attached hydrogen (secondary N) is 3. The van der Waals surface area contributed by atoms with E-state index in [9.17, 15) is 26.7 Å². The molecule has 0 bridgehead atoms. The number of hydrogen-bond donors (Lipinski definition) is 3. The molecule has 1 aliphatic heterocycles. The van der Waals surface area contributed by atoms with Gasteiger partial charge >= 0.3 is 6.18 Å². The van der Waals surface area contributed by atoms with E-state index in [1.54, 1.807) is 18.2 Å². The molecule has 7 nitrogen and oxygen atoms in total. The number of anilines is 1. The highest BCUT2D eigenvalue weighted by Gasteiger charge is 2.50. The quantitative estimate of drug-likeness (QED) is 0.426. The van der Waals surface area contributed by atoms with E-state index in [4.69, 9.17) is 4.52 Å². The summed E-state index contributed by atoms with van der Waals surface area (Å²) in [5.74, 6) is -0.906. The van der Waals surface area contributed by atoms with Gasteiger partial charge in [0.15, 0.2) is 5.67 Å². The van der Waals surface area contributed by atoms with Crippen molar-refractivity contribution in [2.24, 2.45) is 0 Å².